The quantitative estimate of drug-likeness (QED) is 0.107. The summed E-state index contributed by atoms with van der Waals surface area (Å²) in [6.07, 6.45) is 2.28. The van der Waals surface area contributed by atoms with Crippen LogP contribution in [-0.2, 0) is 4.79 Å². The number of carbonyl (C=O) groups excluding carboxylic acids is 4. The molecule has 2 N–H and O–H groups in total. The van der Waals surface area contributed by atoms with E-state index in [-0.39, 0.29) is 23.4 Å². The molecular formula is C31H25N3O4S2. The average Bonchev–Trinajstić information content (AvgIpc) is 3.58. The van der Waals surface area contributed by atoms with E-state index in [1.165, 1.54) is 16.2 Å². The highest BCUT2D eigenvalue weighted by Gasteiger charge is 2.34. The predicted molar refractivity (Wildman–Crippen MR) is 158 cm³/mol. The first kappa shape index (κ1) is 27.1. The summed E-state index contributed by atoms with van der Waals surface area (Å²) in [7, 11) is 0. The van der Waals surface area contributed by atoms with Crippen molar-refractivity contribution in [2.45, 2.75) is 11.3 Å². The fourth-order valence-electron chi connectivity index (χ4n) is 4.18. The Morgan fingerprint density at radius 3 is 2.27 bits per heavy atom. The van der Waals surface area contributed by atoms with E-state index < -0.39 is 5.91 Å². The molecule has 4 amide bonds. The van der Waals surface area contributed by atoms with Crippen LogP contribution in [0, 0.1) is 0 Å². The van der Waals surface area contributed by atoms with Gasteiger partial charge in [-0.05, 0) is 72.2 Å². The van der Waals surface area contributed by atoms with Crippen molar-refractivity contribution in [2.24, 2.45) is 0 Å². The average molecular weight is 568 g/mol. The molecule has 0 spiro atoms. The summed E-state index contributed by atoms with van der Waals surface area (Å²) in [5.74, 6) is -0.630. The molecule has 1 aliphatic rings. The minimum Gasteiger partial charge on any atom is -0.321 e. The van der Waals surface area contributed by atoms with E-state index in [0.29, 0.717) is 41.1 Å². The number of hydrogen-bond acceptors (Lipinski definition) is 6. The second-order valence-corrected chi connectivity index (χ2v) is 11.0. The van der Waals surface area contributed by atoms with Gasteiger partial charge in [-0.1, -0.05) is 42.5 Å². The number of hydrogen-bond donors (Lipinski definition) is 2. The number of amides is 4. The van der Waals surface area contributed by atoms with Crippen LogP contribution < -0.4 is 10.6 Å². The molecule has 0 fully saturated rings. The van der Waals surface area contributed by atoms with E-state index in [1.54, 1.807) is 72.4 Å². The van der Waals surface area contributed by atoms with E-state index in [1.807, 2.05) is 41.8 Å². The molecule has 0 aliphatic carbocycles. The zero-order chi connectivity index (χ0) is 27.9. The minimum absolute atomic E-state index is 0.135. The van der Waals surface area contributed by atoms with Gasteiger partial charge in [0.05, 0.1) is 11.1 Å². The van der Waals surface area contributed by atoms with E-state index in [2.05, 4.69) is 10.6 Å². The standard InChI is InChI=1S/C31H25N3O4S2/c35-28(21-9-2-1-3-10-21)33-27(20-24-13-7-17-39-24)29(36)32-22-11-6-12-23(19-22)40-18-8-16-34-30(37)25-14-4-5-15-26(25)31(34)38/h1-7,9-15,17,19-20H,8,16,18H2,(H,32,36)(H,33,35)/b27-20+. The van der Waals surface area contributed by atoms with E-state index in [9.17, 15) is 19.2 Å². The first-order valence-electron chi connectivity index (χ1n) is 12.6. The zero-order valence-corrected chi connectivity index (χ0v) is 23.0. The number of imide groups is 1. The van der Waals surface area contributed by atoms with Gasteiger partial charge in [0.15, 0.2) is 0 Å². The molecule has 0 saturated carbocycles. The van der Waals surface area contributed by atoms with E-state index >= 15 is 0 Å². The van der Waals surface area contributed by atoms with Crippen LogP contribution in [0.5, 0.6) is 0 Å². The van der Waals surface area contributed by atoms with E-state index in [0.717, 1.165) is 9.77 Å². The molecule has 1 aliphatic heterocycles. The van der Waals surface area contributed by atoms with Gasteiger partial charge in [0.2, 0.25) is 0 Å². The van der Waals surface area contributed by atoms with Crippen molar-refractivity contribution in [1.82, 2.24) is 10.2 Å². The predicted octanol–water partition coefficient (Wildman–Crippen LogP) is 5.94. The van der Waals surface area contributed by atoms with Crippen LogP contribution in [0.2, 0.25) is 0 Å². The number of fused-ring (bicyclic) bond motifs is 1. The van der Waals surface area contributed by atoms with Crippen LogP contribution in [0.25, 0.3) is 6.08 Å². The number of benzene rings is 3. The molecule has 5 rings (SSSR count). The summed E-state index contributed by atoms with van der Waals surface area (Å²) in [5, 5.41) is 7.52. The Labute approximate surface area is 239 Å². The van der Waals surface area contributed by atoms with Gasteiger partial charge in [-0.25, -0.2) is 0 Å². The first-order chi connectivity index (χ1) is 19.5. The van der Waals surface area contributed by atoms with Crippen molar-refractivity contribution < 1.29 is 19.2 Å². The summed E-state index contributed by atoms with van der Waals surface area (Å²) in [5.41, 5.74) is 2.08. The van der Waals surface area contributed by atoms with Gasteiger partial charge < -0.3 is 10.6 Å². The largest absolute Gasteiger partial charge is 0.321 e. The molecule has 2 heterocycles. The molecule has 0 radical (unpaired) electrons. The lowest BCUT2D eigenvalue weighted by atomic mass is 10.1. The molecular weight excluding hydrogens is 542 g/mol. The maximum absolute atomic E-state index is 13.2. The Hall–Kier alpha value is -4.47. The van der Waals surface area contributed by atoms with Gasteiger partial charge in [0.25, 0.3) is 23.6 Å². The highest BCUT2D eigenvalue weighted by atomic mass is 32.2. The van der Waals surface area contributed by atoms with Crippen LogP contribution in [0.3, 0.4) is 0 Å². The highest BCUT2D eigenvalue weighted by molar-refractivity contribution is 7.99. The van der Waals surface area contributed by atoms with Gasteiger partial charge in [0, 0.05) is 27.6 Å². The van der Waals surface area contributed by atoms with Gasteiger partial charge >= 0.3 is 0 Å². The Balaban J connectivity index is 1.19. The fraction of sp³-hybridized carbons (Fsp3) is 0.0968. The third kappa shape index (κ3) is 6.39. The van der Waals surface area contributed by atoms with Gasteiger partial charge in [0.1, 0.15) is 5.70 Å². The smallest absolute Gasteiger partial charge is 0.272 e. The van der Waals surface area contributed by atoms with Gasteiger partial charge in [-0.2, -0.15) is 0 Å². The lowest BCUT2D eigenvalue weighted by Gasteiger charge is -2.14. The van der Waals surface area contributed by atoms with E-state index in [4.69, 9.17) is 0 Å². The lowest BCUT2D eigenvalue weighted by molar-refractivity contribution is -0.113. The Bertz CT molecular complexity index is 1550. The number of nitrogens with zero attached hydrogens (tertiary/aromatic N) is 1. The second kappa shape index (κ2) is 12.6. The molecule has 0 saturated heterocycles. The number of rotatable bonds is 10. The van der Waals surface area contributed by atoms with Crippen LogP contribution in [0.15, 0.2) is 107 Å². The number of anilines is 1. The molecule has 40 heavy (non-hydrogen) atoms. The second-order valence-electron chi connectivity index (χ2n) is 8.89. The maximum Gasteiger partial charge on any atom is 0.272 e. The number of thiophene rings is 1. The highest BCUT2D eigenvalue weighted by Crippen LogP contribution is 2.25. The normalized spacial score (nSPS) is 12.8. The SMILES string of the molecule is O=C(Nc1cccc(SCCCN2C(=O)c3ccccc3C2=O)c1)/C(=C\c1cccs1)NC(=O)c1ccccc1. The fourth-order valence-corrected chi connectivity index (χ4v) is 5.73. The van der Waals surface area contributed by atoms with Crippen molar-refractivity contribution in [1.29, 1.82) is 0 Å². The van der Waals surface area contributed by atoms with Crippen LogP contribution in [-0.4, -0.2) is 40.8 Å². The molecule has 7 nitrogen and oxygen atoms in total. The summed E-state index contributed by atoms with van der Waals surface area (Å²) >= 11 is 3.03. The summed E-state index contributed by atoms with van der Waals surface area (Å²) in [6, 6.07) is 26.7. The van der Waals surface area contributed by atoms with Crippen LogP contribution >= 0.6 is 23.1 Å². The molecule has 9 heteroatoms. The number of nitrogens with one attached hydrogen (secondary N) is 2. The Kier molecular flexibility index (Phi) is 8.53. The molecule has 0 atom stereocenters. The van der Waals surface area contributed by atoms with Crippen LogP contribution in [0.1, 0.15) is 42.4 Å². The number of carbonyl (C=O) groups is 4. The molecule has 4 aromatic rings. The van der Waals surface area contributed by atoms with Crippen molar-refractivity contribution in [3.05, 3.63) is 124 Å². The molecule has 1 aromatic heterocycles. The van der Waals surface area contributed by atoms with Crippen molar-refractivity contribution in [2.75, 3.05) is 17.6 Å². The third-order valence-electron chi connectivity index (χ3n) is 6.12. The van der Waals surface area contributed by atoms with Crippen molar-refractivity contribution >= 4 is 58.5 Å². The topological polar surface area (TPSA) is 95.6 Å². The van der Waals surface area contributed by atoms with Crippen molar-refractivity contribution in [3.63, 3.8) is 0 Å². The zero-order valence-electron chi connectivity index (χ0n) is 21.3. The first-order valence-corrected chi connectivity index (χ1v) is 14.5. The molecule has 0 bridgehead atoms. The van der Waals surface area contributed by atoms with Crippen LogP contribution in [0.4, 0.5) is 5.69 Å². The minimum atomic E-state index is -0.439. The van der Waals surface area contributed by atoms with Gasteiger partial charge in [-0.3, -0.25) is 24.1 Å². The Morgan fingerprint density at radius 2 is 1.57 bits per heavy atom. The summed E-state index contributed by atoms with van der Waals surface area (Å²) in [6.45, 7) is 0.341. The maximum atomic E-state index is 13.2. The third-order valence-corrected chi connectivity index (χ3v) is 8.02. The summed E-state index contributed by atoms with van der Waals surface area (Å²) < 4.78 is 0. The lowest BCUT2D eigenvalue weighted by Crippen LogP contribution is -2.31. The number of thioether (sulfide) groups is 1. The monoisotopic (exact) mass is 567 g/mol. The Morgan fingerprint density at radius 1 is 0.850 bits per heavy atom. The molecule has 3 aromatic carbocycles. The molecule has 0 unspecified atom stereocenters. The van der Waals surface area contributed by atoms with Crippen molar-refractivity contribution in [3.8, 4) is 0 Å². The summed E-state index contributed by atoms with van der Waals surface area (Å²) in [4.78, 5) is 54.1. The van der Waals surface area contributed by atoms with Gasteiger partial charge in [-0.15, -0.1) is 23.1 Å². The molecule has 200 valence electrons.